The number of benzene rings is 2. The lowest BCUT2D eigenvalue weighted by molar-refractivity contribution is -0.145. The van der Waals surface area contributed by atoms with Crippen LogP contribution in [0, 0.1) is 12.8 Å². The number of amides is 1. The second kappa shape index (κ2) is 9.04. The highest BCUT2D eigenvalue weighted by atomic mass is 16.5. The molecule has 0 bridgehead atoms. The van der Waals surface area contributed by atoms with Crippen LogP contribution in [0.1, 0.15) is 28.4 Å². The number of methoxy groups -OCH3 is 2. The van der Waals surface area contributed by atoms with Crippen molar-refractivity contribution in [2.24, 2.45) is 5.92 Å². The minimum Gasteiger partial charge on any atom is -0.497 e. The Bertz CT molecular complexity index is 755. The molecule has 0 saturated heterocycles. The molecule has 5 nitrogen and oxygen atoms in total. The average Bonchev–Trinajstić information content (AvgIpc) is 2.66. The van der Waals surface area contributed by atoms with Gasteiger partial charge in [0.25, 0.3) is 5.91 Å². The molecule has 1 unspecified atom stereocenters. The number of carbonyl (C=O) groups excluding carboxylic acids is 2. The fourth-order valence-corrected chi connectivity index (χ4v) is 2.74. The highest BCUT2D eigenvalue weighted by molar-refractivity contribution is 5.94. The van der Waals surface area contributed by atoms with E-state index in [2.05, 4.69) is 0 Å². The first kappa shape index (κ1) is 19.5. The van der Waals surface area contributed by atoms with Gasteiger partial charge in [-0.3, -0.25) is 9.59 Å². The maximum atomic E-state index is 13.0. The number of carbonyl (C=O) groups is 2. The molecule has 2 aromatic rings. The van der Waals surface area contributed by atoms with Crippen molar-refractivity contribution in [1.82, 2.24) is 4.90 Å². The summed E-state index contributed by atoms with van der Waals surface area (Å²) in [6, 6.07) is 15.0. The van der Waals surface area contributed by atoms with Crippen LogP contribution in [-0.2, 0) is 16.1 Å². The van der Waals surface area contributed by atoms with E-state index in [9.17, 15) is 9.59 Å². The van der Waals surface area contributed by atoms with Gasteiger partial charge in [-0.15, -0.1) is 0 Å². The van der Waals surface area contributed by atoms with Crippen molar-refractivity contribution in [1.29, 1.82) is 0 Å². The Kier molecular flexibility index (Phi) is 6.78. The van der Waals surface area contributed by atoms with Crippen molar-refractivity contribution >= 4 is 11.9 Å². The van der Waals surface area contributed by atoms with Gasteiger partial charge in [0.15, 0.2) is 0 Å². The minimum atomic E-state index is -0.410. The van der Waals surface area contributed by atoms with Crippen molar-refractivity contribution < 1.29 is 19.1 Å². The van der Waals surface area contributed by atoms with Crippen molar-refractivity contribution in [3.8, 4) is 5.75 Å². The topological polar surface area (TPSA) is 55.8 Å². The van der Waals surface area contributed by atoms with Crippen LogP contribution in [0.2, 0.25) is 0 Å². The van der Waals surface area contributed by atoms with Crippen LogP contribution in [0.5, 0.6) is 5.75 Å². The van der Waals surface area contributed by atoms with E-state index in [1.54, 1.807) is 25.0 Å². The number of hydrogen-bond acceptors (Lipinski definition) is 4. The van der Waals surface area contributed by atoms with Crippen LogP contribution in [0.3, 0.4) is 0 Å². The lowest BCUT2D eigenvalue weighted by atomic mass is 10.1. The van der Waals surface area contributed by atoms with Gasteiger partial charge in [-0.25, -0.2) is 0 Å². The lowest BCUT2D eigenvalue weighted by Gasteiger charge is -2.25. The molecule has 0 saturated carbocycles. The van der Waals surface area contributed by atoms with Gasteiger partial charge in [-0.1, -0.05) is 36.8 Å². The van der Waals surface area contributed by atoms with Gasteiger partial charge >= 0.3 is 5.97 Å². The van der Waals surface area contributed by atoms with Crippen molar-refractivity contribution in [3.63, 3.8) is 0 Å². The smallest absolute Gasteiger partial charge is 0.310 e. The minimum absolute atomic E-state index is 0.111. The zero-order valence-electron chi connectivity index (χ0n) is 15.7. The molecule has 0 N–H and O–H groups in total. The Morgan fingerprint density at radius 1 is 1.08 bits per heavy atom. The van der Waals surface area contributed by atoms with Gasteiger partial charge in [-0.2, -0.15) is 0 Å². The first-order valence-corrected chi connectivity index (χ1v) is 8.51. The quantitative estimate of drug-likeness (QED) is 0.714. The molecule has 0 fully saturated rings. The highest BCUT2D eigenvalue weighted by Crippen LogP contribution is 2.17. The predicted octanol–water partition coefficient (Wildman–Crippen LogP) is 3.46. The SMILES string of the molecule is COC(=O)C(C)CN(Cc1ccc(OC)cc1)C(=O)c1cccc(C)c1. The second-order valence-corrected chi connectivity index (χ2v) is 6.33. The van der Waals surface area contributed by atoms with E-state index in [0.717, 1.165) is 16.9 Å². The molecule has 5 heteroatoms. The van der Waals surface area contributed by atoms with Gasteiger partial charge in [0, 0.05) is 18.7 Å². The molecule has 0 aliphatic carbocycles. The van der Waals surface area contributed by atoms with Crippen LogP contribution in [-0.4, -0.2) is 37.5 Å². The second-order valence-electron chi connectivity index (χ2n) is 6.33. The van der Waals surface area contributed by atoms with Crippen molar-refractivity contribution in [2.75, 3.05) is 20.8 Å². The summed E-state index contributed by atoms with van der Waals surface area (Å²) < 4.78 is 9.98. The van der Waals surface area contributed by atoms with E-state index < -0.39 is 5.92 Å². The summed E-state index contributed by atoms with van der Waals surface area (Å²) in [6.07, 6.45) is 0. The van der Waals surface area contributed by atoms with Crippen LogP contribution in [0.15, 0.2) is 48.5 Å². The summed E-state index contributed by atoms with van der Waals surface area (Å²) >= 11 is 0. The zero-order valence-corrected chi connectivity index (χ0v) is 15.7. The zero-order chi connectivity index (χ0) is 19.1. The number of nitrogens with zero attached hydrogens (tertiary/aromatic N) is 1. The third-order valence-corrected chi connectivity index (χ3v) is 4.18. The predicted molar refractivity (Wildman–Crippen MR) is 100 cm³/mol. The fourth-order valence-electron chi connectivity index (χ4n) is 2.74. The Hall–Kier alpha value is -2.82. The van der Waals surface area contributed by atoms with E-state index in [1.165, 1.54) is 7.11 Å². The Labute approximate surface area is 154 Å². The molecule has 2 aromatic carbocycles. The third kappa shape index (κ3) is 5.09. The first-order valence-electron chi connectivity index (χ1n) is 8.51. The van der Waals surface area contributed by atoms with Gasteiger partial charge in [0.05, 0.1) is 20.1 Å². The average molecular weight is 355 g/mol. The standard InChI is InChI=1S/C21H25NO4/c1-15-6-5-7-18(12-15)20(23)22(13-16(2)21(24)26-4)14-17-8-10-19(25-3)11-9-17/h5-12,16H,13-14H2,1-4H3. The van der Waals surface area contributed by atoms with E-state index in [4.69, 9.17) is 9.47 Å². The maximum Gasteiger partial charge on any atom is 0.310 e. The van der Waals surface area contributed by atoms with Crippen LogP contribution in [0.25, 0.3) is 0 Å². The molecule has 138 valence electrons. The van der Waals surface area contributed by atoms with Gasteiger partial charge < -0.3 is 14.4 Å². The Morgan fingerprint density at radius 2 is 1.77 bits per heavy atom. The molecule has 0 aliphatic rings. The normalized spacial score (nSPS) is 11.5. The lowest BCUT2D eigenvalue weighted by Crippen LogP contribution is -2.36. The number of aryl methyl sites for hydroxylation is 1. The summed E-state index contributed by atoms with van der Waals surface area (Å²) in [6.45, 7) is 4.39. The van der Waals surface area contributed by atoms with Crippen molar-refractivity contribution in [3.05, 3.63) is 65.2 Å². The fraction of sp³-hybridized carbons (Fsp3) is 0.333. The summed E-state index contributed by atoms with van der Waals surface area (Å²) in [5.41, 5.74) is 2.58. The first-order chi connectivity index (χ1) is 12.4. The van der Waals surface area contributed by atoms with Gasteiger partial charge in [0.1, 0.15) is 5.75 Å². The molecular formula is C21H25NO4. The summed E-state index contributed by atoms with van der Waals surface area (Å²) in [7, 11) is 2.97. The third-order valence-electron chi connectivity index (χ3n) is 4.18. The highest BCUT2D eigenvalue weighted by Gasteiger charge is 2.23. The summed E-state index contributed by atoms with van der Waals surface area (Å²) in [5.74, 6) is -0.0951. The van der Waals surface area contributed by atoms with E-state index in [0.29, 0.717) is 12.1 Å². The molecule has 2 rings (SSSR count). The number of rotatable bonds is 7. The van der Waals surface area contributed by atoms with Crippen LogP contribution < -0.4 is 4.74 Å². The molecular weight excluding hydrogens is 330 g/mol. The maximum absolute atomic E-state index is 13.0. The number of esters is 1. The molecule has 0 aromatic heterocycles. The molecule has 0 heterocycles. The van der Waals surface area contributed by atoms with Crippen molar-refractivity contribution in [2.45, 2.75) is 20.4 Å². The van der Waals surface area contributed by atoms with E-state index >= 15 is 0 Å². The molecule has 26 heavy (non-hydrogen) atoms. The largest absolute Gasteiger partial charge is 0.497 e. The van der Waals surface area contributed by atoms with Gasteiger partial charge in [0.2, 0.25) is 0 Å². The number of ether oxygens (including phenoxy) is 2. The van der Waals surface area contributed by atoms with Crippen LogP contribution in [0.4, 0.5) is 0 Å². The number of hydrogen-bond donors (Lipinski definition) is 0. The van der Waals surface area contributed by atoms with Gasteiger partial charge in [-0.05, 0) is 36.8 Å². The molecule has 1 atom stereocenters. The van der Waals surface area contributed by atoms with Crippen LogP contribution >= 0.6 is 0 Å². The monoisotopic (exact) mass is 355 g/mol. The molecule has 0 aliphatic heterocycles. The molecule has 1 amide bonds. The summed E-state index contributed by atoms with van der Waals surface area (Å²) in [4.78, 5) is 26.5. The summed E-state index contributed by atoms with van der Waals surface area (Å²) in [5, 5.41) is 0. The Balaban J connectivity index is 2.25. The van der Waals surface area contributed by atoms with E-state index in [-0.39, 0.29) is 18.4 Å². The molecule has 0 spiro atoms. The molecule has 0 radical (unpaired) electrons. The Morgan fingerprint density at radius 3 is 2.35 bits per heavy atom. The van der Waals surface area contributed by atoms with E-state index in [1.807, 2.05) is 49.4 Å².